The summed E-state index contributed by atoms with van der Waals surface area (Å²) in [6.07, 6.45) is 1.01. The Balaban J connectivity index is 1.59. The Morgan fingerprint density at radius 2 is 1.75 bits per heavy atom. The summed E-state index contributed by atoms with van der Waals surface area (Å²) in [5.41, 5.74) is 0.420. The Hall–Kier alpha value is -0.950. The molecule has 3 aliphatic carbocycles. The second-order valence-corrected chi connectivity index (χ2v) is 11.7. The molecule has 11 atom stereocenters. The number of rotatable bonds is 4. The van der Waals surface area contributed by atoms with E-state index in [1.54, 1.807) is 26.8 Å². The number of ether oxygens (including phenoxy) is 3. The van der Waals surface area contributed by atoms with Crippen LogP contribution in [0.25, 0.3) is 0 Å². The van der Waals surface area contributed by atoms with Gasteiger partial charge in [-0.1, -0.05) is 33.3 Å². The molecule has 2 N–H and O–H groups in total. The quantitative estimate of drug-likeness (QED) is 0.500. The highest BCUT2D eigenvalue weighted by Crippen LogP contribution is 2.71. The smallest absolute Gasteiger partial charge is 0.333 e. The molecule has 6 nitrogen and oxygen atoms in total. The summed E-state index contributed by atoms with van der Waals surface area (Å²) >= 11 is 0. The summed E-state index contributed by atoms with van der Waals surface area (Å²) in [6.45, 7) is 14.5. The minimum Gasteiger partial charge on any atom is -0.451 e. The van der Waals surface area contributed by atoms with E-state index in [1.807, 2.05) is 0 Å². The number of hydrogen-bond acceptors (Lipinski definition) is 6. The fourth-order valence-electron chi connectivity index (χ4n) is 7.24. The second-order valence-electron chi connectivity index (χ2n) is 11.7. The third kappa shape index (κ3) is 3.85. The van der Waals surface area contributed by atoms with Crippen molar-refractivity contribution in [2.45, 2.75) is 110 Å². The molecule has 0 radical (unpaired) electrons. The highest BCUT2D eigenvalue weighted by Gasteiger charge is 2.67. The van der Waals surface area contributed by atoms with Crippen molar-refractivity contribution in [1.29, 1.82) is 0 Å². The molecule has 6 heteroatoms. The minimum atomic E-state index is -1.27. The molecule has 4 aliphatic rings. The van der Waals surface area contributed by atoms with E-state index in [2.05, 4.69) is 27.7 Å². The number of carbonyl (C=O) groups excluding carboxylic acids is 1. The standard InChI is InChI=1S/C26H42O6/c1-8-13(2)23(29)31-22-21(28)20(27)15(4)30-24(22)32-26(7)12-11-17-19(25(17,5)6)18-14(3)9-10-16(18)26/h8,14-22,24,27-28H,9-12H2,1-7H3/b13-8-/t14?,15-,16?,17?,18?,19?,20+,21+,22-,24+,26-/m1/s1. The van der Waals surface area contributed by atoms with Crippen LogP contribution in [0, 0.1) is 35.0 Å². The van der Waals surface area contributed by atoms with Crippen molar-refractivity contribution in [3.05, 3.63) is 11.6 Å². The summed E-state index contributed by atoms with van der Waals surface area (Å²) < 4.78 is 18.4. The number of aliphatic hydroxyl groups excluding tert-OH is 2. The van der Waals surface area contributed by atoms with Crippen LogP contribution in [0.1, 0.15) is 74.1 Å². The van der Waals surface area contributed by atoms with Crippen LogP contribution < -0.4 is 0 Å². The Bertz CT molecular complexity index is 761. The van der Waals surface area contributed by atoms with Crippen LogP contribution in [0.3, 0.4) is 0 Å². The number of carbonyl (C=O) groups is 1. The zero-order chi connectivity index (χ0) is 23.6. The van der Waals surface area contributed by atoms with Gasteiger partial charge in [0.2, 0.25) is 0 Å². The van der Waals surface area contributed by atoms with E-state index in [9.17, 15) is 15.0 Å². The van der Waals surface area contributed by atoms with Crippen molar-refractivity contribution in [2.24, 2.45) is 35.0 Å². The van der Waals surface area contributed by atoms with E-state index in [4.69, 9.17) is 14.2 Å². The van der Waals surface area contributed by atoms with Gasteiger partial charge in [-0.15, -0.1) is 0 Å². The lowest BCUT2D eigenvalue weighted by molar-refractivity contribution is -0.328. The predicted octanol–water partition coefficient (Wildman–Crippen LogP) is 3.83. The molecule has 0 aromatic heterocycles. The Morgan fingerprint density at radius 3 is 2.41 bits per heavy atom. The molecule has 4 rings (SSSR count). The van der Waals surface area contributed by atoms with Crippen LogP contribution in [0.2, 0.25) is 0 Å². The lowest BCUT2D eigenvalue weighted by Crippen LogP contribution is -2.61. The van der Waals surface area contributed by atoms with Gasteiger partial charge in [-0.2, -0.15) is 0 Å². The van der Waals surface area contributed by atoms with Crippen molar-refractivity contribution < 1.29 is 29.2 Å². The maximum Gasteiger partial charge on any atom is 0.333 e. The van der Waals surface area contributed by atoms with Crippen molar-refractivity contribution in [3.8, 4) is 0 Å². The molecule has 0 spiro atoms. The molecule has 1 aliphatic heterocycles. The molecule has 3 saturated carbocycles. The lowest BCUT2D eigenvalue weighted by Gasteiger charge is -2.47. The Kier molecular flexibility index (Phi) is 6.32. The Morgan fingerprint density at radius 1 is 1.06 bits per heavy atom. The van der Waals surface area contributed by atoms with Crippen LogP contribution in [-0.2, 0) is 19.0 Å². The largest absolute Gasteiger partial charge is 0.451 e. The van der Waals surface area contributed by atoms with Crippen molar-refractivity contribution >= 4 is 5.97 Å². The van der Waals surface area contributed by atoms with Crippen LogP contribution in [-0.4, -0.2) is 52.5 Å². The Labute approximate surface area is 192 Å². The van der Waals surface area contributed by atoms with E-state index < -0.39 is 42.3 Å². The average Bonchev–Trinajstić information content (AvgIpc) is 3.11. The van der Waals surface area contributed by atoms with E-state index >= 15 is 0 Å². The zero-order valence-corrected chi connectivity index (χ0v) is 20.7. The predicted molar refractivity (Wildman–Crippen MR) is 121 cm³/mol. The van der Waals surface area contributed by atoms with Crippen molar-refractivity contribution in [3.63, 3.8) is 0 Å². The zero-order valence-electron chi connectivity index (χ0n) is 20.7. The summed E-state index contributed by atoms with van der Waals surface area (Å²) in [5.74, 6) is 2.62. The highest BCUT2D eigenvalue weighted by molar-refractivity contribution is 5.87. The molecule has 0 aromatic rings. The normalized spacial score (nSPS) is 50.2. The monoisotopic (exact) mass is 450 g/mol. The van der Waals surface area contributed by atoms with Gasteiger partial charge in [0.05, 0.1) is 11.7 Å². The van der Waals surface area contributed by atoms with Gasteiger partial charge in [-0.25, -0.2) is 4.79 Å². The van der Waals surface area contributed by atoms with Gasteiger partial charge in [0.15, 0.2) is 12.4 Å². The average molecular weight is 451 g/mol. The van der Waals surface area contributed by atoms with Crippen LogP contribution in [0.15, 0.2) is 11.6 Å². The highest BCUT2D eigenvalue weighted by atomic mass is 16.7. The molecule has 32 heavy (non-hydrogen) atoms. The number of fused-ring (bicyclic) bond motifs is 3. The number of hydrogen-bond donors (Lipinski definition) is 2. The maximum atomic E-state index is 12.5. The fraction of sp³-hybridized carbons (Fsp3) is 0.885. The lowest BCUT2D eigenvalue weighted by atomic mass is 9.74. The van der Waals surface area contributed by atoms with Crippen LogP contribution in [0.5, 0.6) is 0 Å². The third-order valence-electron chi connectivity index (χ3n) is 9.51. The van der Waals surface area contributed by atoms with Gasteiger partial charge in [0, 0.05) is 5.57 Å². The first-order valence-corrected chi connectivity index (χ1v) is 12.5. The van der Waals surface area contributed by atoms with E-state index in [0.29, 0.717) is 28.7 Å². The topological polar surface area (TPSA) is 85.2 Å². The first-order valence-electron chi connectivity index (χ1n) is 12.5. The summed E-state index contributed by atoms with van der Waals surface area (Å²) in [5, 5.41) is 21.2. The molecule has 0 aromatic carbocycles. The third-order valence-corrected chi connectivity index (χ3v) is 9.51. The number of aliphatic hydroxyl groups is 2. The van der Waals surface area contributed by atoms with Crippen LogP contribution in [0.4, 0.5) is 0 Å². The summed E-state index contributed by atoms with van der Waals surface area (Å²) in [6, 6.07) is 0. The van der Waals surface area contributed by atoms with Crippen molar-refractivity contribution in [2.75, 3.05) is 0 Å². The molecular weight excluding hydrogens is 408 g/mol. The van der Waals surface area contributed by atoms with Gasteiger partial charge < -0.3 is 24.4 Å². The van der Waals surface area contributed by atoms with Gasteiger partial charge in [0.1, 0.15) is 12.2 Å². The second kappa shape index (κ2) is 8.37. The van der Waals surface area contributed by atoms with Gasteiger partial charge in [0.25, 0.3) is 0 Å². The fourth-order valence-corrected chi connectivity index (χ4v) is 7.24. The molecule has 4 fully saturated rings. The van der Waals surface area contributed by atoms with E-state index in [1.165, 1.54) is 6.42 Å². The van der Waals surface area contributed by atoms with Gasteiger partial charge >= 0.3 is 5.97 Å². The molecule has 1 heterocycles. The first kappa shape index (κ1) is 24.2. The number of allylic oxidation sites excluding steroid dienone is 1. The summed E-state index contributed by atoms with van der Waals surface area (Å²) in [4.78, 5) is 12.5. The maximum absolute atomic E-state index is 12.5. The minimum absolute atomic E-state index is 0.404. The molecular formula is C26H42O6. The van der Waals surface area contributed by atoms with E-state index in [-0.39, 0.29) is 0 Å². The summed E-state index contributed by atoms with van der Waals surface area (Å²) in [7, 11) is 0. The number of esters is 1. The molecule has 5 unspecified atom stereocenters. The van der Waals surface area contributed by atoms with E-state index in [0.717, 1.165) is 31.1 Å². The van der Waals surface area contributed by atoms with Crippen LogP contribution >= 0.6 is 0 Å². The SMILES string of the molecule is C/C=C(/C)C(=O)O[C@H]1[C@H](O[C@]2(C)CCC3C(C4C(C)CCC42)C3(C)C)O[C@H](C)[C@H](O)[C@@H]1O. The molecule has 0 amide bonds. The van der Waals surface area contributed by atoms with Gasteiger partial charge in [-0.3, -0.25) is 0 Å². The molecule has 0 bridgehead atoms. The molecule has 1 saturated heterocycles. The molecule has 182 valence electrons. The first-order chi connectivity index (χ1) is 14.9. The van der Waals surface area contributed by atoms with Crippen molar-refractivity contribution in [1.82, 2.24) is 0 Å². The van der Waals surface area contributed by atoms with Gasteiger partial charge in [-0.05, 0) is 82.0 Å².